The summed E-state index contributed by atoms with van der Waals surface area (Å²) >= 11 is 0. The van der Waals surface area contributed by atoms with Gasteiger partial charge in [0.2, 0.25) is 0 Å². The zero-order valence-corrected chi connectivity index (χ0v) is 11.7. The molecule has 1 aromatic carbocycles. The van der Waals surface area contributed by atoms with Gasteiger partial charge >= 0.3 is 6.03 Å². The summed E-state index contributed by atoms with van der Waals surface area (Å²) < 4.78 is 0. The van der Waals surface area contributed by atoms with Crippen LogP contribution in [0, 0.1) is 10.1 Å². The number of aliphatic hydroxyl groups excluding tert-OH is 1. The summed E-state index contributed by atoms with van der Waals surface area (Å²) in [5.74, 6) is 0. The van der Waals surface area contributed by atoms with Crippen molar-refractivity contribution < 1.29 is 14.8 Å². The second kappa shape index (κ2) is 7.03. The van der Waals surface area contributed by atoms with Crippen LogP contribution in [0.25, 0.3) is 0 Å². The van der Waals surface area contributed by atoms with Crippen LogP contribution in [0.2, 0.25) is 0 Å². The van der Waals surface area contributed by atoms with Crippen molar-refractivity contribution in [2.45, 2.75) is 25.3 Å². The number of benzene rings is 1. The number of nitrogens with zero attached hydrogens (tertiary/aromatic N) is 2. The maximum atomic E-state index is 12.0. The molecule has 0 aromatic heterocycles. The maximum absolute atomic E-state index is 12.0. The summed E-state index contributed by atoms with van der Waals surface area (Å²) in [5.41, 5.74) is 0.670. The van der Waals surface area contributed by atoms with Gasteiger partial charge in [-0.1, -0.05) is 18.2 Å². The van der Waals surface area contributed by atoms with Crippen LogP contribution in [0.5, 0.6) is 0 Å². The van der Waals surface area contributed by atoms with E-state index < -0.39 is 4.92 Å². The van der Waals surface area contributed by atoms with Gasteiger partial charge in [-0.05, 0) is 19.3 Å². The normalized spacial score (nSPS) is 17.8. The highest BCUT2D eigenvalue weighted by Gasteiger charge is 2.27. The van der Waals surface area contributed by atoms with Crippen molar-refractivity contribution in [3.05, 3.63) is 39.9 Å². The molecule has 7 heteroatoms. The van der Waals surface area contributed by atoms with Crippen LogP contribution < -0.4 is 5.32 Å². The largest absolute Gasteiger partial charge is 0.394 e. The third-order valence-corrected chi connectivity index (χ3v) is 3.71. The summed E-state index contributed by atoms with van der Waals surface area (Å²) in [6.07, 6.45) is 2.11. The van der Waals surface area contributed by atoms with E-state index in [0.717, 1.165) is 12.8 Å². The van der Waals surface area contributed by atoms with Crippen molar-refractivity contribution in [3.63, 3.8) is 0 Å². The fourth-order valence-corrected chi connectivity index (χ4v) is 2.60. The molecule has 2 N–H and O–H groups in total. The first-order chi connectivity index (χ1) is 10.1. The number of nitro groups is 1. The molecule has 1 aromatic rings. The average molecular weight is 293 g/mol. The Hall–Kier alpha value is -2.15. The number of aliphatic hydroxyl groups is 1. The molecule has 0 aliphatic carbocycles. The molecule has 1 heterocycles. The van der Waals surface area contributed by atoms with E-state index in [1.54, 1.807) is 23.1 Å². The van der Waals surface area contributed by atoms with Gasteiger partial charge in [0.15, 0.2) is 0 Å². The third-order valence-electron chi connectivity index (χ3n) is 3.71. The lowest BCUT2D eigenvalue weighted by Crippen LogP contribution is -2.44. The summed E-state index contributed by atoms with van der Waals surface area (Å²) in [7, 11) is 0. The highest BCUT2D eigenvalue weighted by molar-refractivity contribution is 5.74. The highest BCUT2D eigenvalue weighted by Crippen LogP contribution is 2.18. The second-order valence-electron chi connectivity index (χ2n) is 5.04. The first kappa shape index (κ1) is 15.2. The van der Waals surface area contributed by atoms with E-state index in [4.69, 9.17) is 0 Å². The second-order valence-corrected chi connectivity index (χ2v) is 5.04. The number of carbonyl (C=O) groups excluding carboxylic acids is 1. The molecule has 2 rings (SSSR count). The molecule has 0 saturated carbocycles. The van der Waals surface area contributed by atoms with Crippen LogP contribution in [0.3, 0.4) is 0 Å². The molecule has 1 atom stereocenters. The molecule has 1 fully saturated rings. The topological polar surface area (TPSA) is 95.7 Å². The molecule has 2 amide bonds. The van der Waals surface area contributed by atoms with Crippen LogP contribution in [-0.2, 0) is 6.42 Å². The lowest BCUT2D eigenvalue weighted by atomic mass is 10.1. The number of hydrogen-bond donors (Lipinski definition) is 2. The van der Waals surface area contributed by atoms with Crippen molar-refractivity contribution in [1.29, 1.82) is 0 Å². The number of hydrogen-bond acceptors (Lipinski definition) is 4. The molecule has 0 spiro atoms. The Morgan fingerprint density at radius 2 is 2.24 bits per heavy atom. The van der Waals surface area contributed by atoms with Gasteiger partial charge in [0.1, 0.15) is 0 Å². The van der Waals surface area contributed by atoms with Gasteiger partial charge in [0, 0.05) is 24.7 Å². The molecule has 0 unspecified atom stereocenters. The average Bonchev–Trinajstić information content (AvgIpc) is 2.96. The molecule has 7 nitrogen and oxygen atoms in total. The fourth-order valence-electron chi connectivity index (χ4n) is 2.60. The van der Waals surface area contributed by atoms with E-state index in [9.17, 15) is 20.0 Å². The van der Waals surface area contributed by atoms with Crippen molar-refractivity contribution >= 4 is 11.7 Å². The molecule has 1 aliphatic rings. The summed E-state index contributed by atoms with van der Waals surface area (Å²) in [4.78, 5) is 24.1. The Balaban J connectivity index is 1.87. The van der Waals surface area contributed by atoms with Crippen LogP contribution in [0.1, 0.15) is 18.4 Å². The van der Waals surface area contributed by atoms with E-state index in [1.165, 1.54) is 6.07 Å². The van der Waals surface area contributed by atoms with E-state index in [0.29, 0.717) is 25.1 Å². The van der Waals surface area contributed by atoms with Gasteiger partial charge in [0.05, 0.1) is 17.6 Å². The standard InChI is InChI=1S/C14H19N3O4/c18-10-12-5-3-9-16(12)14(19)15-8-7-11-4-1-2-6-13(11)17(20)21/h1-2,4,6,12,18H,3,5,7-10H2,(H,15,19)/t12-/m0/s1. The summed E-state index contributed by atoms with van der Waals surface area (Å²) in [6.45, 7) is 0.943. The number of nitrogens with one attached hydrogen (secondary N) is 1. The van der Waals surface area contributed by atoms with Crippen LogP contribution >= 0.6 is 0 Å². The van der Waals surface area contributed by atoms with Crippen molar-refractivity contribution in [1.82, 2.24) is 10.2 Å². The van der Waals surface area contributed by atoms with Crippen LogP contribution in [0.4, 0.5) is 10.5 Å². The first-order valence-electron chi connectivity index (χ1n) is 7.01. The highest BCUT2D eigenvalue weighted by atomic mass is 16.6. The minimum Gasteiger partial charge on any atom is -0.394 e. The summed E-state index contributed by atoms with van der Waals surface area (Å²) in [6, 6.07) is 6.18. The third kappa shape index (κ3) is 3.69. The molecule has 21 heavy (non-hydrogen) atoms. The van der Waals surface area contributed by atoms with Crippen molar-refractivity contribution in [3.8, 4) is 0 Å². The predicted octanol–water partition coefficient (Wildman–Crippen LogP) is 1.30. The maximum Gasteiger partial charge on any atom is 0.317 e. The Morgan fingerprint density at radius 3 is 2.95 bits per heavy atom. The van der Waals surface area contributed by atoms with Gasteiger partial charge in [0.25, 0.3) is 5.69 Å². The van der Waals surface area contributed by atoms with Gasteiger partial charge < -0.3 is 15.3 Å². The van der Waals surface area contributed by atoms with Gasteiger partial charge in [-0.3, -0.25) is 10.1 Å². The zero-order chi connectivity index (χ0) is 15.2. The molecule has 0 bridgehead atoms. The first-order valence-corrected chi connectivity index (χ1v) is 7.01. The number of likely N-dealkylation sites (tertiary alicyclic amines) is 1. The van der Waals surface area contributed by atoms with Crippen LogP contribution in [-0.4, -0.2) is 46.7 Å². The van der Waals surface area contributed by atoms with Gasteiger partial charge in [-0.2, -0.15) is 0 Å². The Bertz CT molecular complexity index is 521. The number of amides is 2. The lowest BCUT2D eigenvalue weighted by molar-refractivity contribution is -0.385. The number of nitro benzene ring substituents is 1. The number of rotatable bonds is 5. The Kier molecular flexibility index (Phi) is 5.10. The fraction of sp³-hybridized carbons (Fsp3) is 0.500. The molecule has 0 radical (unpaired) electrons. The smallest absolute Gasteiger partial charge is 0.317 e. The van der Waals surface area contributed by atoms with E-state index in [-0.39, 0.29) is 24.4 Å². The Labute approximate surface area is 122 Å². The van der Waals surface area contributed by atoms with E-state index >= 15 is 0 Å². The molecular weight excluding hydrogens is 274 g/mol. The molecule has 1 saturated heterocycles. The van der Waals surface area contributed by atoms with Gasteiger partial charge in [-0.25, -0.2) is 4.79 Å². The Morgan fingerprint density at radius 1 is 1.48 bits per heavy atom. The lowest BCUT2D eigenvalue weighted by Gasteiger charge is -2.23. The molecule has 114 valence electrons. The van der Waals surface area contributed by atoms with E-state index in [2.05, 4.69) is 5.32 Å². The zero-order valence-electron chi connectivity index (χ0n) is 11.7. The van der Waals surface area contributed by atoms with Crippen molar-refractivity contribution in [2.24, 2.45) is 0 Å². The SMILES string of the molecule is O=C(NCCc1ccccc1[N+](=O)[O-])N1CCC[C@H]1CO. The predicted molar refractivity (Wildman–Crippen MR) is 77.0 cm³/mol. The van der Waals surface area contributed by atoms with Gasteiger partial charge in [-0.15, -0.1) is 0 Å². The molecule has 1 aliphatic heterocycles. The number of carbonyl (C=O) groups is 1. The van der Waals surface area contributed by atoms with E-state index in [1.807, 2.05) is 0 Å². The number of para-hydroxylation sites is 1. The monoisotopic (exact) mass is 293 g/mol. The summed E-state index contributed by atoms with van der Waals surface area (Å²) in [5, 5.41) is 22.8. The quantitative estimate of drug-likeness (QED) is 0.632. The minimum atomic E-state index is -0.417. The van der Waals surface area contributed by atoms with Crippen LogP contribution in [0.15, 0.2) is 24.3 Å². The number of urea groups is 1. The van der Waals surface area contributed by atoms with Crippen molar-refractivity contribution in [2.75, 3.05) is 19.7 Å². The minimum absolute atomic E-state index is 0.0302. The molecular formula is C14H19N3O4.